The van der Waals surface area contributed by atoms with Crippen LogP contribution < -0.4 is 9.47 Å². The number of fused-ring (bicyclic) bond motifs is 1. The van der Waals surface area contributed by atoms with Crippen LogP contribution in [0.5, 0.6) is 11.5 Å². The van der Waals surface area contributed by atoms with Crippen LogP contribution in [0.2, 0.25) is 0 Å². The lowest BCUT2D eigenvalue weighted by atomic mass is 10.2. The van der Waals surface area contributed by atoms with Gasteiger partial charge in [0.15, 0.2) is 11.2 Å². The predicted octanol–water partition coefficient (Wildman–Crippen LogP) is 0.641. The van der Waals surface area contributed by atoms with Crippen LogP contribution in [0.3, 0.4) is 0 Å². The van der Waals surface area contributed by atoms with Crippen molar-refractivity contribution in [3.05, 3.63) is 11.6 Å². The van der Waals surface area contributed by atoms with E-state index in [-0.39, 0.29) is 18.0 Å². The Balaban J connectivity index is 1.49. The quantitative estimate of drug-likeness (QED) is 0.601. The number of esters is 2. The maximum Gasteiger partial charge on any atom is 0.347 e. The van der Waals surface area contributed by atoms with Crippen LogP contribution >= 0.6 is 0 Å². The van der Waals surface area contributed by atoms with E-state index in [1.54, 1.807) is 0 Å². The fraction of sp³-hybridized carbons (Fsp3) is 0.385. The van der Waals surface area contributed by atoms with E-state index in [0.717, 1.165) is 0 Å². The summed E-state index contributed by atoms with van der Waals surface area (Å²) in [6.07, 6.45) is 0. The average molecular weight is 277 g/mol. The van der Waals surface area contributed by atoms with E-state index in [1.165, 1.54) is 6.07 Å². The smallest absolute Gasteiger partial charge is 0.347 e. The summed E-state index contributed by atoms with van der Waals surface area (Å²) in [6.45, 7) is 2.80. The molecule has 2 aromatic rings. The highest BCUT2D eigenvalue weighted by Crippen LogP contribution is 2.48. The maximum absolute atomic E-state index is 11.9. The molecule has 4 rings (SSSR count). The molecule has 0 aliphatic carbocycles. The summed E-state index contributed by atoms with van der Waals surface area (Å²) in [5.74, 6) is -0.452. The molecule has 0 N–H and O–H groups in total. The Morgan fingerprint density at radius 2 is 2.15 bits per heavy atom. The van der Waals surface area contributed by atoms with Gasteiger partial charge in [-0.15, -0.1) is 0 Å². The summed E-state index contributed by atoms with van der Waals surface area (Å²) >= 11 is 0. The number of benzene rings is 1. The first-order valence-electron chi connectivity index (χ1n) is 6.34. The number of ether oxygens (including phenoxy) is 3. The molecule has 0 atom stereocenters. The Morgan fingerprint density at radius 1 is 1.35 bits per heavy atom. The topological polar surface area (TPSA) is 78.2 Å². The molecule has 0 aromatic carbocycles. The van der Waals surface area contributed by atoms with Gasteiger partial charge in [0.05, 0.1) is 19.8 Å². The van der Waals surface area contributed by atoms with Crippen LogP contribution in [0.25, 0.3) is 11.2 Å². The van der Waals surface area contributed by atoms with E-state index in [2.05, 4.69) is 0 Å². The molecule has 0 unspecified atom stereocenters. The van der Waals surface area contributed by atoms with Crippen molar-refractivity contribution in [1.82, 2.24) is 4.90 Å². The van der Waals surface area contributed by atoms with Crippen molar-refractivity contribution < 1.29 is 28.2 Å². The van der Waals surface area contributed by atoms with Gasteiger partial charge >= 0.3 is 11.9 Å². The highest BCUT2D eigenvalue weighted by molar-refractivity contribution is 6.10. The second kappa shape index (κ2) is 4.19. The minimum atomic E-state index is -0.468. The molecule has 104 valence electrons. The number of rotatable bonds is 3. The van der Waals surface area contributed by atoms with Crippen LogP contribution in [-0.2, 0) is 9.53 Å². The summed E-state index contributed by atoms with van der Waals surface area (Å²) in [7, 11) is 0. The van der Waals surface area contributed by atoms with Gasteiger partial charge in [0.2, 0.25) is 11.5 Å². The molecule has 0 radical (unpaired) electrons. The minimum Gasteiger partial charge on any atom is -0.448 e. The highest BCUT2D eigenvalue weighted by atomic mass is 16.6. The Morgan fingerprint density at radius 3 is 2.95 bits per heavy atom. The molecule has 2 bridgehead atoms. The van der Waals surface area contributed by atoms with Crippen LogP contribution in [0.1, 0.15) is 10.4 Å². The van der Waals surface area contributed by atoms with Crippen molar-refractivity contribution in [1.29, 1.82) is 0 Å². The molecule has 1 fully saturated rings. The first kappa shape index (κ1) is 11.7. The fourth-order valence-electron chi connectivity index (χ4n) is 2.46. The summed E-state index contributed by atoms with van der Waals surface area (Å²) in [6, 6.07) is 1.53. The first-order chi connectivity index (χ1) is 9.72. The third-order valence-corrected chi connectivity index (χ3v) is 3.46. The molecular formula is C13H11NO6. The van der Waals surface area contributed by atoms with Gasteiger partial charge in [-0.3, -0.25) is 9.69 Å². The van der Waals surface area contributed by atoms with Crippen LogP contribution in [0.4, 0.5) is 0 Å². The molecule has 0 spiro atoms. The number of morpholine rings is 1. The van der Waals surface area contributed by atoms with E-state index in [9.17, 15) is 9.59 Å². The zero-order valence-electron chi connectivity index (χ0n) is 10.5. The molecule has 2 aromatic heterocycles. The summed E-state index contributed by atoms with van der Waals surface area (Å²) in [4.78, 5) is 25.3. The number of hydrogen-bond donors (Lipinski definition) is 0. The molecule has 7 heteroatoms. The van der Waals surface area contributed by atoms with Gasteiger partial charge in [0.25, 0.3) is 0 Å². The molecule has 0 saturated carbocycles. The van der Waals surface area contributed by atoms with Crippen LogP contribution in [0.15, 0.2) is 10.5 Å². The number of carbonyl (C=O) groups is 2. The van der Waals surface area contributed by atoms with E-state index in [4.69, 9.17) is 18.6 Å². The molecule has 2 aliphatic rings. The maximum atomic E-state index is 11.9. The Kier molecular flexibility index (Phi) is 2.45. The molecule has 2 aliphatic heterocycles. The third-order valence-electron chi connectivity index (χ3n) is 3.46. The van der Waals surface area contributed by atoms with Gasteiger partial charge in [0, 0.05) is 19.2 Å². The molecule has 4 heterocycles. The van der Waals surface area contributed by atoms with E-state index >= 15 is 0 Å². The normalized spacial score (nSPS) is 18.7. The number of carbonyl (C=O) groups excluding carboxylic acids is 2. The van der Waals surface area contributed by atoms with Crippen molar-refractivity contribution in [3.8, 4) is 11.5 Å². The third kappa shape index (κ3) is 1.67. The van der Waals surface area contributed by atoms with Gasteiger partial charge in [-0.2, -0.15) is 0 Å². The largest absolute Gasteiger partial charge is 0.448 e. The zero-order valence-corrected chi connectivity index (χ0v) is 10.5. The van der Waals surface area contributed by atoms with E-state index in [1.807, 2.05) is 4.90 Å². The monoisotopic (exact) mass is 277 g/mol. The Labute approximate surface area is 113 Å². The van der Waals surface area contributed by atoms with Crippen LogP contribution in [0, 0.1) is 0 Å². The minimum absolute atomic E-state index is 0.174. The summed E-state index contributed by atoms with van der Waals surface area (Å²) in [5.41, 5.74) is 1.12. The second-order valence-electron chi connectivity index (χ2n) is 4.76. The zero-order chi connectivity index (χ0) is 13.7. The highest BCUT2D eigenvalue weighted by Gasteiger charge is 2.36. The van der Waals surface area contributed by atoms with Crippen molar-refractivity contribution in [2.24, 2.45) is 0 Å². The summed E-state index contributed by atoms with van der Waals surface area (Å²) < 4.78 is 20.9. The van der Waals surface area contributed by atoms with Gasteiger partial charge in [-0.25, -0.2) is 4.79 Å². The standard InChI is InChI=1S/C13H11NO6/c15-9(6-14-1-3-17-4-2-14)19-11-8-5-7-10(18-8)12(11)20-13(7)16/h5H,1-4,6H2. The Hall–Kier alpha value is -2.12. The van der Waals surface area contributed by atoms with Gasteiger partial charge in [-0.1, -0.05) is 0 Å². The Bertz CT molecular complexity index is 684. The summed E-state index contributed by atoms with van der Waals surface area (Å²) in [5, 5.41) is 0. The molecule has 1 saturated heterocycles. The lowest BCUT2D eigenvalue weighted by molar-refractivity contribution is -0.136. The molecule has 0 amide bonds. The van der Waals surface area contributed by atoms with Crippen molar-refractivity contribution in [3.63, 3.8) is 0 Å². The number of furan rings is 2. The fourth-order valence-corrected chi connectivity index (χ4v) is 2.46. The van der Waals surface area contributed by atoms with Gasteiger partial charge in [0.1, 0.15) is 5.56 Å². The first-order valence-corrected chi connectivity index (χ1v) is 6.34. The number of nitrogens with zero attached hydrogens (tertiary/aromatic N) is 1. The van der Waals surface area contributed by atoms with Crippen LogP contribution in [-0.4, -0.2) is 49.7 Å². The second-order valence-corrected chi connectivity index (χ2v) is 4.76. The van der Waals surface area contributed by atoms with Crippen molar-refractivity contribution >= 4 is 23.1 Å². The molecular weight excluding hydrogens is 266 g/mol. The van der Waals surface area contributed by atoms with Gasteiger partial charge < -0.3 is 18.6 Å². The van der Waals surface area contributed by atoms with E-state index in [0.29, 0.717) is 43.0 Å². The van der Waals surface area contributed by atoms with Crippen molar-refractivity contribution in [2.75, 3.05) is 32.8 Å². The van der Waals surface area contributed by atoms with E-state index < -0.39 is 11.9 Å². The lowest BCUT2D eigenvalue weighted by Crippen LogP contribution is -2.40. The van der Waals surface area contributed by atoms with Gasteiger partial charge in [-0.05, 0) is 0 Å². The lowest BCUT2D eigenvalue weighted by Gasteiger charge is -2.25. The molecule has 20 heavy (non-hydrogen) atoms. The SMILES string of the molecule is O=C(CN1CCOCC1)Oc1c2c3oc1cc3C(=O)O2. The van der Waals surface area contributed by atoms with Crippen molar-refractivity contribution in [2.45, 2.75) is 0 Å². The molecule has 7 nitrogen and oxygen atoms in total. The average Bonchev–Trinajstić information content (AvgIpc) is 3.04. The number of hydrogen-bond acceptors (Lipinski definition) is 7. The predicted molar refractivity (Wildman–Crippen MR) is 65.3 cm³/mol.